The first-order chi connectivity index (χ1) is 8.87. The lowest BCUT2D eigenvalue weighted by atomic mass is 9.62. The van der Waals surface area contributed by atoms with Gasteiger partial charge in [0.15, 0.2) is 0 Å². The molecule has 0 N–H and O–H groups in total. The van der Waals surface area contributed by atoms with Crippen molar-refractivity contribution >= 4 is 0 Å². The van der Waals surface area contributed by atoms with E-state index in [1.807, 2.05) is 0 Å². The van der Waals surface area contributed by atoms with Crippen molar-refractivity contribution in [3.63, 3.8) is 0 Å². The number of benzene rings is 1. The zero-order valence-electron chi connectivity index (χ0n) is 11.0. The summed E-state index contributed by atoms with van der Waals surface area (Å²) in [6, 6.07) is 8.69. The Morgan fingerprint density at radius 3 is 2.78 bits per heavy atom. The molecule has 0 aromatic heterocycles. The minimum atomic E-state index is 0.174. The lowest BCUT2D eigenvalue weighted by Gasteiger charge is -2.47. The van der Waals surface area contributed by atoms with E-state index in [1.165, 1.54) is 62.7 Å². The summed E-state index contributed by atoms with van der Waals surface area (Å²) < 4.78 is 6.50. The molecule has 0 radical (unpaired) electrons. The van der Waals surface area contributed by atoms with E-state index in [1.54, 1.807) is 0 Å². The Hall–Kier alpha value is -0.980. The van der Waals surface area contributed by atoms with Crippen LogP contribution in [0.2, 0.25) is 0 Å². The third kappa shape index (κ3) is 1.52. The SMILES string of the molecule is c1ccc2c(c1)CC1(CCCC3CCCCC31)O2. The van der Waals surface area contributed by atoms with E-state index in [4.69, 9.17) is 4.74 Å². The van der Waals surface area contributed by atoms with Gasteiger partial charge in [-0.2, -0.15) is 0 Å². The van der Waals surface area contributed by atoms with E-state index in [0.29, 0.717) is 0 Å². The lowest BCUT2D eigenvalue weighted by molar-refractivity contribution is -0.0526. The van der Waals surface area contributed by atoms with Crippen LogP contribution in [0.15, 0.2) is 24.3 Å². The molecule has 1 aromatic rings. The van der Waals surface area contributed by atoms with Gasteiger partial charge in [-0.3, -0.25) is 0 Å². The average molecular weight is 242 g/mol. The molecule has 0 amide bonds. The standard InChI is InChI=1S/C17H22O/c1-3-9-15-13(6-1)8-5-11-17(15)12-14-7-2-4-10-16(14)18-17/h2,4,7,10,13,15H,1,3,5-6,8-9,11-12H2. The van der Waals surface area contributed by atoms with Crippen molar-refractivity contribution in [3.05, 3.63) is 29.8 Å². The van der Waals surface area contributed by atoms with E-state index < -0.39 is 0 Å². The van der Waals surface area contributed by atoms with Gasteiger partial charge >= 0.3 is 0 Å². The third-order valence-electron chi connectivity index (χ3n) is 5.54. The molecule has 2 fully saturated rings. The van der Waals surface area contributed by atoms with Gasteiger partial charge in [0.05, 0.1) is 0 Å². The first-order valence-electron chi connectivity index (χ1n) is 7.64. The van der Waals surface area contributed by atoms with Crippen molar-refractivity contribution in [1.82, 2.24) is 0 Å². The van der Waals surface area contributed by atoms with Crippen molar-refractivity contribution in [3.8, 4) is 5.75 Å². The average Bonchev–Trinajstić information content (AvgIpc) is 2.78. The fourth-order valence-electron chi connectivity index (χ4n) is 4.77. The minimum Gasteiger partial charge on any atom is -0.486 e. The summed E-state index contributed by atoms with van der Waals surface area (Å²) in [6.07, 6.45) is 11.0. The van der Waals surface area contributed by atoms with Crippen LogP contribution < -0.4 is 4.74 Å². The maximum atomic E-state index is 6.50. The van der Waals surface area contributed by atoms with Gasteiger partial charge in [0.25, 0.3) is 0 Å². The van der Waals surface area contributed by atoms with Crippen molar-refractivity contribution in [2.24, 2.45) is 11.8 Å². The Kier molecular flexibility index (Phi) is 2.43. The molecule has 1 heterocycles. The van der Waals surface area contributed by atoms with Crippen molar-refractivity contribution in [2.45, 2.75) is 57.0 Å². The van der Waals surface area contributed by atoms with Crippen LogP contribution in [-0.2, 0) is 6.42 Å². The lowest BCUT2D eigenvalue weighted by Crippen LogP contribution is -2.50. The monoisotopic (exact) mass is 242 g/mol. The van der Waals surface area contributed by atoms with Crippen LogP contribution in [0.25, 0.3) is 0 Å². The highest BCUT2D eigenvalue weighted by molar-refractivity contribution is 5.39. The van der Waals surface area contributed by atoms with Gasteiger partial charge in [0, 0.05) is 12.3 Å². The Morgan fingerprint density at radius 1 is 1.00 bits per heavy atom. The number of hydrogen-bond acceptors (Lipinski definition) is 1. The topological polar surface area (TPSA) is 9.23 Å². The number of ether oxygens (including phenoxy) is 1. The Balaban J connectivity index is 1.68. The second-order valence-electron chi connectivity index (χ2n) is 6.49. The summed E-state index contributed by atoms with van der Waals surface area (Å²) in [5, 5.41) is 0. The van der Waals surface area contributed by atoms with Gasteiger partial charge in [-0.15, -0.1) is 0 Å². The van der Waals surface area contributed by atoms with Crippen molar-refractivity contribution in [2.75, 3.05) is 0 Å². The van der Waals surface area contributed by atoms with Crippen LogP contribution >= 0.6 is 0 Å². The van der Waals surface area contributed by atoms with E-state index in [0.717, 1.165) is 11.8 Å². The maximum Gasteiger partial charge on any atom is 0.123 e. The van der Waals surface area contributed by atoms with Crippen LogP contribution in [0.3, 0.4) is 0 Å². The first kappa shape index (κ1) is 10.9. The highest BCUT2D eigenvalue weighted by atomic mass is 16.5. The molecule has 18 heavy (non-hydrogen) atoms. The van der Waals surface area contributed by atoms with E-state index in [9.17, 15) is 0 Å². The second-order valence-corrected chi connectivity index (χ2v) is 6.49. The fraction of sp³-hybridized carbons (Fsp3) is 0.647. The summed E-state index contributed by atoms with van der Waals surface area (Å²) >= 11 is 0. The molecular formula is C17H22O. The van der Waals surface area contributed by atoms with Gasteiger partial charge in [-0.05, 0) is 43.2 Å². The van der Waals surface area contributed by atoms with Gasteiger partial charge in [-0.25, -0.2) is 0 Å². The number of rotatable bonds is 0. The fourth-order valence-corrected chi connectivity index (χ4v) is 4.77. The Bertz CT molecular complexity index is 424. The third-order valence-corrected chi connectivity index (χ3v) is 5.54. The summed E-state index contributed by atoms with van der Waals surface area (Å²) in [4.78, 5) is 0. The zero-order chi connectivity index (χ0) is 12.0. The molecular weight excluding hydrogens is 220 g/mol. The molecule has 96 valence electrons. The van der Waals surface area contributed by atoms with Gasteiger partial charge < -0.3 is 4.74 Å². The largest absolute Gasteiger partial charge is 0.486 e. The normalized spacial score (nSPS) is 38.0. The highest BCUT2D eigenvalue weighted by Crippen LogP contribution is 2.52. The molecule has 4 rings (SSSR count). The zero-order valence-corrected chi connectivity index (χ0v) is 11.0. The van der Waals surface area contributed by atoms with E-state index >= 15 is 0 Å². The molecule has 3 aliphatic rings. The molecule has 0 bridgehead atoms. The summed E-state index contributed by atoms with van der Waals surface area (Å²) in [5.74, 6) is 2.94. The van der Waals surface area contributed by atoms with E-state index in [-0.39, 0.29) is 5.60 Å². The first-order valence-corrected chi connectivity index (χ1v) is 7.64. The molecule has 3 unspecified atom stereocenters. The van der Waals surface area contributed by atoms with Crippen molar-refractivity contribution < 1.29 is 4.74 Å². The Labute approximate surface area is 110 Å². The van der Waals surface area contributed by atoms with Crippen LogP contribution in [0.4, 0.5) is 0 Å². The molecule has 1 aliphatic heterocycles. The predicted octanol–water partition coefficient (Wildman–Crippen LogP) is 4.35. The molecule has 1 spiro atoms. The molecule has 2 aliphatic carbocycles. The van der Waals surface area contributed by atoms with Crippen LogP contribution in [0.5, 0.6) is 5.75 Å². The predicted molar refractivity (Wildman–Crippen MR) is 72.8 cm³/mol. The van der Waals surface area contributed by atoms with Gasteiger partial charge in [0.1, 0.15) is 11.4 Å². The highest BCUT2D eigenvalue weighted by Gasteiger charge is 2.50. The van der Waals surface area contributed by atoms with Gasteiger partial charge in [-0.1, -0.05) is 37.5 Å². The van der Waals surface area contributed by atoms with Gasteiger partial charge in [0.2, 0.25) is 0 Å². The minimum absolute atomic E-state index is 0.174. The molecule has 2 saturated carbocycles. The molecule has 1 nitrogen and oxygen atoms in total. The number of para-hydroxylation sites is 1. The van der Waals surface area contributed by atoms with E-state index in [2.05, 4.69) is 24.3 Å². The number of hydrogen-bond donors (Lipinski definition) is 0. The smallest absolute Gasteiger partial charge is 0.123 e. The molecule has 1 heteroatoms. The summed E-state index contributed by atoms with van der Waals surface area (Å²) in [7, 11) is 0. The molecule has 0 saturated heterocycles. The summed E-state index contributed by atoms with van der Waals surface area (Å²) in [5.41, 5.74) is 1.62. The molecule has 1 aromatic carbocycles. The molecule has 3 atom stereocenters. The maximum absolute atomic E-state index is 6.50. The second kappa shape index (κ2) is 4.01. The van der Waals surface area contributed by atoms with Crippen LogP contribution in [0.1, 0.15) is 50.5 Å². The quantitative estimate of drug-likeness (QED) is 0.657. The van der Waals surface area contributed by atoms with Crippen LogP contribution in [0, 0.1) is 11.8 Å². The van der Waals surface area contributed by atoms with Crippen molar-refractivity contribution in [1.29, 1.82) is 0 Å². The summed E-state index contributed by atoms with van der Waals surface area (Å²) in [6.45, 7) is 0. The Morgan fingerprint density at radius 2 is 1.83 bits per heavy atom. The number of fused-ring (bicyclic) bond motifs is 3. The van der Waals surface area contributed by atoms with Crippen LogP contribution in [-0.4, -0.2) is 5.60 Å².